The molecule has 0 bridgehead atoms. The second kappa shape index (κ2) is 9.66. The summed E-state index contributed by atoms with van der Waals surface area (Å²) in [5.41, 5.74) is 7.69. The molecule has 0 fully saturated rings. The summed E-state index contributed by atoms with van der Waals surface area (Å²) in [7, 11) is 0. The van der Waals surface area contributed by atoms with Crippen LogP contribution >= 0.6 is 0 Å². The quantitative estimate of drug-likeness (QED) is 0.265. The number of nitrogens with one attached hydrogen (secondary N) is 1. The number of hydrogen-bond donors (Lipinski definition) is 1. The first-order chi connectivity index (χ1) is 14.2. The Labute approximate surface area is 180 Å². The monoisotopic (exact) mass is 403 g/mol. The normalized spacial score (nSPS) is 16.0. The molecule has 0 radical (unpaired) electrons. The average Bonchev–Trinajstić information content (AvgIpc) is 2.72. The number of aryl methyl sites for hydroxylation is 1. The molecule has 0 saturated carbocycles. The SMILES string of the molecule is C=NOC(=N)Cc1ccc(C(=C)c2cc3c(cc2C)C(C)C=CC3(C)C)nc1.CC. The molecule has 4 nitrogen and oxygen atoms in total. The van der Waals surface area contributed by atoms with E-state index < -0.39 is 0 Å². The molecule has 1 aromatic heterocycles. The zero-order valence-electron chi connectivity index (χ0n) is 19.0. The molecule has 3 rings (SSSR count). The van der Waals surface area contributed by atoms with Crippen molar-refractivity contribution >= 4 is 18.2 Å². The minimum atomic E-state index is 0.00140. The van der Waals surface area contributed by atoms with Crippen LogP contribution in [-0.4, -0.2) is 17.6 Å². The van der Waals surface area contributed by atoms with Gasteiger partial charge in [-0.2, -0.15) is 0 Å². The molecule has 1 aromatic carbocycles. The van der Waals surface area contributed by atoms with E-state index in [9.17, 15) is 0 Å². The number of pyridine rings is 1. The van der Waals surface area contributed by atoms with E-state index in [1.165, 1.54) is 16.7 Å². The van der Waals surface area contributed by atoms with Gasteiger partial charge in [-0.3, -0.25) is 10.4 Å². The van der Waals surface area contributed by atoms with E-state index in [1.54, 1.807) is 6.20 Å². The van der Waals surface area contributed by atoms with Gasteiger partial charge in [0.2, 0.25) is 5.90 Å². The van der Waals surface area contributed by atoms with Gasteiger partial charge in [0.25, 0.3) is 0 Å². The van der Waals surface area contributed by atoms with Crippen molar-refractivity contribution < 1.29 is 4.84 Å². The molecule has 4 heteroatoms. The lowest BCUT2D eigenvalue weighted by atomic mass is 9.72. The third-order valence-electron chi connectivity index (χ3n) is 5.38. The fraction of sp³-hybridized carbons (Fsp3) is 0.346. The van der Waals surface area contributed by atoms with E-state index in [2.05, 4.69) is 75.4 Å². The molecule has 1 aliphatic rings. The number of fused-ring (bicyclic) bond motifs is 1. The Morgan fingerprint density at radius 2 is 1.97 bits per heavy atom. The van der Waals surface area contributed by atoms with Gasteiger partial charge in [0.1, 0.15) is 0 Å². The van der Waals surface area contributed by atoms with E-state index in [0.29, 0.717) is 12.3 Å². The summed E-state index contributed by atoms with van der Waals surface area (Å²) in [4.78, 5) is 9.30. The molecule has 1 atom stereocenters. The van der Waals surface area contributed by atoms with Gasteiger partial charge < -0.3 is 4.84 Å². The number of benzene rings is 1. The Morgan fingerprint density at radius 3 is 2.57 bits per heavy atom. The molecule has 0 saturated heterocycles. The van der Waals surface area contributed by atoms with Crippen LogP contribution in [0.15, 0.2) is 54.3 Å². The van der Waals surface area contributed by atoms with Crippen LogP contribution in [0.3, 0.4) is 0 Å². The van der Waals surface area contributed by atoms with Crippen molar-refractivity contribution in [2.75, 3.05) is 0 Å². The molecule has 30 heavy (non-hydrogen) atoms. The highest BCUT2D eigenvalue weighted by molar-refractivity contribution is 5.79. The van der Waals surface area contributed by atoms with Gasteiger partial charge in [0.05, 0.1) is 12.1 Å². The third-order valence-corrected chi connectivity index (χ3v) is 5.38. The molecule has 1 heterocycles. The van der Waals surface area contributed by atoms with Gasteiger partial charge >= 0.3 is 0 Å². The Hall–Kier alpha value is -3.01. The maximum Gasteiger partial charge on any atom is 0.221 e. The van der Waals surface area contributed by atoms with Crippen molar-refractivity contribution in [1.29, 1.82) is 5.41 Å². The molecule has 2 aromatic rings. The summed E-state index contributed by atoms with van der Waals surface area (Å²) in [5.74, 6) is 0.461. The summed E-state index contributed by atoms with van der Waals surface area (Å²) in [6.07, 6.45) is 6.67. The van der Waals surface area contributed by atoms with Crippen LogP contribution < -0.4 is 0 Å². The number of nitrogens with zero attached hydrogens (tertiary/aromatic N) is 2. The summed E-state index contributed by atoms with van der Waals surface area (Å²) >= 11 is 0. The predicted octanol–water partition coefficient (Wildman–Crippen LogP) is 6.58. The Morgan fingerprint density at radius 1 is 1.27 bits per heavy atom. The highest BCUT2D eigenvalue weighted by Crippen LogP contribution is 2.40. The summed E-state index contributed by atoms with van der Waals surface area (Å²) in [6, 6.07) is 8.46. The van der Waals surface area contributed by atoms with Crippen molar-refractivity contribution in [1.82, 2.24) is 4.98 Å². The zero-order chi connectivity index (χ0) is 22.5. The molecular formula is C26H33N3O. The first-order valence-electron chi connectivity index (χ1n) is 10.4. The lowest BCUT2D eigenvalue weighted by molar-refractivity contribution is 0.321. The second-order valence-electron chi connectivity index (χ2n) is 7.97. The van der Waals surface area contributed by atoms with Crippen molar-refractivity contribution in [3.63, 3.8) is 0 Å². The van der Waals surface area contributed by atoms with E-state index in [-0.39, 0.29) is 11.3 Å². The number of allylic oxidation sites excluding steroid dienone is 2. The molecule has 0 aliphatic heterocycles. The fourth-order valence-corrected chi connectivity index (χ4v) is 3.71. The maximum absolute atomic E-state index is 7.66. The molecule has 1 unspecified atom stereocenters. The molecule has 0 spiro atoms. The number of oxime groups is 1. The van der Waals surface area contributed by atoms with Crippen LogP contribution in [0.25, 0.3) is 5.57 Å². The topological polar surface area (TPSA) is 58.3 Å². The molecular weight excluding hydrogens is 370 g/mol. The highest BCUT2D eigenvalue weighted by atomic mass is 16.6. The van der Waals surface area contributed by atoms with Gasteiger partial charge in [-0.25, -0.2) is 0 Å². The van der Waals surface area contributed by atoms with Crippen LogP contribution in [0.5, 0.6) is 0 Å². The lowest BCUT2D eigenvalue weighted by Gasteiger charge is -2.32. The van der Waals surface area contributed by atoms with E-state index >= 15 is 0 Å². The minimum absolute atomic E-state index is 0.00140. The van der Waals surface area contributed by atoms with Gasteiger partial charge in [-0.1, -0.05) is 70.6 Å². The maximum atomic E-state index is 7.66. The number of hydrogen-bond acceptors (Lipinski definition) is 4. The standard InChI is InChI=1S/C24H27N3O.C2H6/c1-15-9-10-24(4,5)21-13-19(16(2)11-20(15)21)17(3)22-8-7-18(14-27-22)12-23(25)28-26-6;1-2/h7-11,13-15,25H,3,6,12H2,1-2,4-5H3;1-2H3. The minimum Gasteiger partial charge on any atom is -0.342 e. The van der Waals surface area contributed by atoms with E-state index in [1.807, 2.05) is 26.0 Å². The third kappa shape index (κ3) is 4.93. The van der Waals surface area contributed by atoms with Gasteiger partial charge in [-0.15, -0.1) is 0 Å². The van der Waals surface area contributed by atoms with Gasteiger partial charge in [0.15, 0.2) is 0 Å². The molecule has 158 valence electrons. The molecule has 1 aliphatic carbocycles. The van der Waals surface area contributed by atoms with Crippen LogP contribution in [0.2, 0.25) is 0 Å². The summed E-state index contributed by atoms with van der Waals surface area (Å²) < 4.78 is 0. The smallest absolute Gasteiger partial charge is 0.221 e. The molecule has 0 amide bonds. The Kier molecular flexibility index (Phi) is 7.49. The summed E-state index contributed by atoms with van der Waals surface area (Å²) in [5, 5.41) is 10.9. The lowest BCUT2D eigenvalue weighted by Crippen LogP contribution is -2.21. The average molecular weight is 404 g/mol. The number of rotatable bonds is 5. The fourth-order valence-electron chi connectivity index (χ4n) is 3.71. The van der Waals surface area contributed by atoms with Crippen LogP contribution in [0.1, 0.15) is 74.0 Å². The first-order valence-corrected chi connectivity index (χ1v) is 10.4. The number of aromatic nitrogens is 1. The van der Waals surface area contributed by atoms with Crippen molar-refractivity contribution in [2.24, 2.45) is 5.16 Å². The molecule has 1 N–H and O–H groups in total. The Balaban J connectivity index is 0.00000155. The zero-order valence-corrected chi connectivity index (χ0v) is 19.0. The Bertz CT molecular complexity index is 969. The van der Waals surface area contributed by atoms with Crippen LogP contribution in [0.4, 0.5) is 0 Å². The van der Waals surface area contributed by atoms with Gasteiger partial charge in [0, 0.05) is 23.9 Å². The van der Waals surface area contributed by atoms with Crippen molar-refractivity contribution in [3.05, 3.63) is 82.7 Å². The van der Waals surface area contributed by atoms with E-state index in [0.717, 1.165) is 22.4 Å². The summed E-state index contributed by atoms with van der Waals surface area (Å²) in [6.45, 7) is 20.4. The highest BCUT2D eigenvalue weighted by Gasteiger charge is 2.28. The van der Waals surface area contributed by atoms with Crippen molar-refractivity contribution in [2.45, 2.75) is 59.3 Å². The van der Waals surface area contributed by atoms with Crippen LogP contribution in [-0.2, 0) is 16.7 Å². The largest absolute Gasteiger partial charge is 0.342 e. The van der Waals surface area contributed by atoms with Crippen LogP contribution in [0, 0.1) is 12.3 Å². The second-order valence-corrected chi connectivity index (χ2v) is 7.97. The van der Waals surface area contributed by atoms with Gasteiger partial charge in [-0.05, 0) is 52.8 Å². The first kappa shape index (κ1) is 23.3. The van der Waals surface area contributed by atoms with E-state index in [4.69, 9.17) is 10.2 Å². The predicted molar refractivity (Wildman–Crippen MR) is 128 cm³/mol. The van der Waals surface area contributed by atoms with Crippen molar-refractivity contribution in [3.8, 4) is 0 Å².